The quantitative estimate of drug-likeness (QED) is 0.446. The van der Waals surface area contributed by atoms with Crippen molar-refractivity contribution in [2.45, 2.75) is 26.3 Å². The lowest BCUT2D eigenvalue weighted by atomic mass is 10.2. The van der Waals surface area contributed by atoms with Gasteiger partial charge in [-0.1, -0.05) is 35.5 Å². The van der Waals surface area contributed by atoms with Crippen LogP contribution in [0.3, 0.4) is 0 Å². The van der Waals surface area contributed by atoms with Gasteiger partial charge in [0, 0.05) is 25.6 Å². The Balaban J connectivity index is 1.57. The van der Waals surface area contributed by atoms with Gasteiger partial charge in [0.05, 0.1) is 25.6 Å². The molecule has 1 amide bonds. The first-order valence-electron chi connectivity index (χ1n) is 10.4. The maximum absolute atomic E-state index is 12.6. The SMILES string of the molecule is COc1cccc(-c2noc(CN(C)C(=O)CCCN(c3ccccc3C)S(C)(=O)=O)n2)c1. The molecule has 0 saturated heterocycles. The fourth-order valence-corrected chi connectivity index (χ4v) is 4.39. The predicted molar refractivity (Wildman–Crippen MR) is 125 cm³/mol. The van der Waals surface area contributed by atoms with Crippen LogP contribution in [0.1, 0.15) is 24.3 Å². The summed E-state index contributed by atoms with van der Waals surface area (Å²) in [5.41, 5.74) is 2.22. The van der Waals surface area contributed by atoms with E-state index in [0.29, 0.717) is 29.6 Å². The van der Waals surface area contributed by atoms with Crippen molar-refractivity contribution in [3.8, 4) is 17.1 Å². The van der Waals surface area contributed by atoms with Gasteiger partial charge in [-0.3, -0.25) is 9.10 Å². The number of sulfonamides is 1. The Morgan fingerprint density at radius 1 is 1.15 bits per heavy atom. The summed E-state index contributed by atoms with van der Waals surface area (Å²) >= 11 is 0. The van der Waals surface area contributed by atoms with Crippen molar-refractivity contribution in [3.63, 3.8) is 0 Å². The van der Waals surface area contributed by atoms with Gasteiger partial charge in [-0.05, 0) is 37.1 Å². The smallest absolute Gasteiger partial charge is 0.246 e. The maximum Gasteiger partial charge on any atom is 0.246 e. The van der Waals surface area contributed by atoms with Gasteiger partial charge in [0.1, 0.15) is 5.75 Å². The number of aromatic nitrogens is 2. The average Bonchev–Trinajstić information content (AvgIpc) is 3.25. The zero-order valence-corrected chi connectivity index (χ0v) is 20.0. The van der Waals surface area contributed by atoms with Gasteiger partial charge >= 0.3 is 0 Å². The molecule has 1 aromatic heterocycles. The summed E-state index contributed by atoms with van der Waals surface area (Å²) in [5.74, 6) is 1.25. The number of amides is 1. The summed E-state index contributed by atoms with van der Waals surface area (Å²) in [5, 5.41) is 3.98. The van der Waals surface area contributed by atoms with Crippen molar-refractivity contribution in [2.75, 3.05) is 31.3 Å². The molecule has 0 radical (unpaired) electrons. The second-order valence-corrected chi connectivity index (χ2v) is 9.63. The fourth-order valence-electron chi connectivity index (χ4n) is 3.36. The Bertz CT molecular complexity index is 1210. The minimum atomic E-state index is -3.47. The topological polar surface area (TPSA) is 106 Å². The normalized spacial score (nSPS) is 11.3. The van der Waals surface area contributed by atoms with Crippen LogP contribution in [0.2, 0.25) is 0 Å². The number of carbonyl (C=O) groups is 1. The molecule has 9 nitrogen and oxygen atoms in total. The van der Waals surface area contributed by atoms with Crippen molar-refractivity contribution < 1.29 is 22.5 Å². The number of hydrogen-bond acceptors (Lipinski definition) is 7. The number of benzene rings is 2. The van der Waals surface area contributed by atoms with Crippen molar-refractivity contribution in [3.05, 3.63) is 60.0 Å². The van der Waals surface area contributed by atoms with Crippen LogP contribution in [0.25, 0.3) is 11.4 Å². The van der Waals surface area contributed by atoms with Crippen LogP contribution in [0.5, 0.6) is 5.75 Å². The molecule has 0 atom stereocenters. The first-order chi connectivity index (χ1) is 15.7. The molecule has 3 aromatic rings. The van der Waals surface area contributed by atoms with E-state index in [1.165, 1.54) is 15.5 Å². The molecule has 0 spiro atoms. The Labute approximate surface area is 194 Å². The van der Waals surface area contributed by atoms with Crippen LogP contribution in [0.15, 0.2) is 53.1 Å². The Kier molecular flexibility index (Phi) is 7.70. The van der Waals surface area contributed by atoms with E-state index in [1.54, 1.807) is 32.4 Å². The van der Waals surface area contributed by atoms with Crippen LogP contribution in [-0.4, -0.2) is 56.3 Å². The molecule has 0 fully saturated rings. The third-order valence-electron chi connectivity index (χ3n) is 5.13. The number of ether oxygens (including phenoxy) is 1. The molecule has 0 unspecified atom stereocenters. The van der Waals surface area contributed by atoms with Gasteiger partial charge in [-0.15, -0.1) is 0 Å². The summed E-state index contributed by atoms with van der Waals surface area (Å²) in [6, 6.07) is 14.6. The largest absolute Gasteiger partial charge is 0.497 e. The van der Waals surface area contributed by atoms with E-state index >= 15 is 0 Å². The number of hydrogen-bond donors (Lipinski definition) is 0. The zero-order chi connectivity index (χ0) is 24.0. The minimum absolute atomic E-state index is 0.144. The van der Waals surface area contributed by atoms with Gasteiger partial charge in [0.2, 0.25) is 27.6 Å². The van der Waals surface area contributed by atoms with E-state index in [2.05, 4.69) is 10.1 Å². The second kappa shape index (κ2) is 10.5. The highest BCUT2D eigenvalue weighted by Gasteiger charge is 2.20. The van der Waals surface area contributed by atoms with Gasteiger partial charge in [0.25, 0.3) is 0 Å². The van der Waals surface area contributed by atoms with Crippen LogP contribution in [-0.2, 0) is 21.4 Å². The summed E-state index contributed by atoms with van der Waals surface area (Å²) in [4.78, 5) is 18.4. The molecule has 33 heavy (non-hydrogen) atoms. The minimum Gasteiger partial charge on any atom is -0.497 e. The molecule has 0 aliphatic heterocycles. The first kappa shape index (κ1) is 24.2. The van der Waals surface area contributed by atoms with E-state index in [4.69, 9.17) is 9.26 Å². The predicted octanol–water partition coefficient (Wildman–Crippen LogP) is 3.26. The van der Waals surface area contributed by atoms with E-state index in [0.717, 1.165) is 11.1 Å². The first-order valence-corrected chi connectivity index (χ1v) is 12.3. The standard InChI is InChI=1S/C23H28N4O5S/c1-17-9-5-6-12-20(17)27(33(4,29)30)14-8-13-22(28)26(2)16-21-24-23(25-32-21)18-10-7-11-19(15-18)31-3/h5-7,9-12,15H,8,13-14,16H2,1-4H3. The van der Waals surface area contributed by atoms with Gasteiger partial charge < -0.3 is 14.2 Å². The fraction of sp³-hybridized carbons (Fsp3) is 0.348. The van der Waals surface area contributed by atoms with Gasteiger partial charge in [-0.25, -0.2) is 8.42 Å². The molecular formula is C23H28N4O5S. The summed E-state index contributed by atoms with van der Waals surface area (Å²) in [6.45, 7) is 2.23. The average molecular weight is 473 g/mol. The molecule has 0 saturated carbocycles. The number of nitrogens with zero attached hydrogens (tertiary/aromatic N) is 4. The monoisotopic (exact) mass is 472 g/mol. The number of para-hydroxylation sites is 1. The molecule has 176 valence electrons. The molecule has 0 aliphatic rings. The van der Waals surface area contributed by atoms with Crippen LogP contribution in [0, 0.1) is 6.92 Å². The maximum atomic E-state index is 12.6. The Morgan fingerprint density at radius 3 is 2.61 bits per heavy atom. The summed E-state index contributed by atoms with van der Waals surface area (Å²) in [7, 11) is -0.243. The van der Waals surface area contributed by atoms with Crippen molar-refractivity contribution in [1.82, 2.24) is 15.0 Å². The van der Waals surface area contributed by atoms with Crippen LogP contribution >= 0.6 is 0 Å². The highest BCUT2D eigenvalue weighted by Crippen LogP contribution is 2.23. The van der Waals surface area contributed by atoms with Crippen molar-refractivity contribution in [2.24, 2.45) is 0 Å². The van der Waals surface area contributed by atoms with Crippen LogP contribution < -0.4 is 9.04 Å². The summed E-state index contributed by atoms with van der Waals surface area (Å²) < 4.78 is 36.4. The van der Waals surface area contributed by atoms with Crippen molar-refractivity contribution >= 4 is 21.6 Å². The molecule has 1 heterocycles. The van der Waals surface area contributed by atoms with E-state index in [-0.39, 0.29) is 25.4 Å². The number of carbonyl (C=O) groups excluding carboxylic acids is 1. The molecule has 2 aromatic carbocycles. The van der Waals surface area contributed by atoms with Crippen molar-refractivity contribution in [1.29, 1.82) is 0 Å². The number of rotatable bonds is 10. The van der Waals surface area contributed by atoms with E-state index in [1.807, 2.05) is 37.3 Å². The summed E-state index contributed by atoms with van der Waals surface area (Å²) in [6.07, 6.45) is 1.73. The van der Waals surface area contributed by atoms with Crippen LogP contribution in [0.4, 0.5) is 5.69 Å². The highest BCUT2D eigenvalue weighted by molar-refractivity contribution is 7.92. The van der Waals surface area contributed by atoms with Gasteiger partial charge in [-0.2, -0.15) is 4.98 Å². The van der Waals surface area contributed by atoms with E-state index in [9.17, 15) is 13.2 Å². The van der Waals surface area contributed by atoms with Gasteiger partial charge in [0.15, 0.2) is 0 Å². The lowest BCUT2D eigenvalue weighted by Gasteiger charge is -2.24. The Morgan fingerprint density at radius 2 is 1.91 bits per heavy atom. The lowest BCUT2D eigenvalue weighted by Crippen LogP contribution is -2.33. The molecule has 0 N–H and O–H groups in total. The molecular weight excluding hydrogens is 444 g/mol. The molecule has 0 bridgehead atoms. The third-order valence-corrected chi connectivity index (χ3v) is 6.31. The number of methoxy groups -OCH3 is 1. The number of anilines is 1. The lowest BCUT2D eigenvalue weighted by molar-refractivity contribution is -0.130. The third kappa shape index (κ3) is 6.32. The zero-order valence-electron chi connectivity index (χ0n) is 19.2. The molecule has 10 heteroatoms. The highest BCUT2D eigenvalue weighted by atomic mass is 32.2. The second-order valence-electron chi connectivity index (χ2n) is 7.72. The molecule has 3 rings (SSSR count). The number of aryl methyl sites for hydroxylation is 1. The van der Waals surface area contributed by atoms with E-state index < -0.39 is 10.0 Å². The Hall–Kier alpha value is -3.40. The molecule has 0 aliphatic carbocycles.